The van der Waals surface area contributed by atoms with Gasteiger partial charge in [0.15, 0.2) is 0 Å². The Hall–Kier alpha value is -3.30. The van der Waals surface area contributed by atoms with Crippen LogP contribution in [0.25, 0.3) is 0 Å². The van der Waals surface area contributed by atoms with E-state index in [-0.39, 0.29) is 12.5 Å². The summed E-state index contributed by atoms with van der Waals surface area (Å²) in [6.45, 7) is 4.38. The summed E-state index contributed by atoms with van der Waals surface area (Å²) in [6, 6.07) is 16.0. The van der Waals surface area contributed by atoms with Crippen molar-refractivity contribution in [3.8, 4) is 5.75 Å². The molecule has 0 bridgehead atoms. The van der Waals surface area contributed by atoms with E-state index in [9.17, 15) is 17.6 Å². The fraction of sp³-hybridized carbons (Fsp3) is 0.296. The smallest absolute Gasteiger partial charge is 0.253 e. The van der Waals surface area contributed by atoms with Gasteiger partial charge in [-0.1, -0.05) is 17.7 Å². The average molecular weight is 546 g/mol. The topological polar surface area (TPSA) is 70.2 Å². The van der Waals surface area contributed by atoms with Crippen molar-refractivity contribution in [2.24, 2.45) is 0 Å². The number of methoxy groups -OCH3 is 1. The molecule has 0 unspecified atom stereocenters. The Balaban J connectivity index is 1.54. The molecule has 3 aromatic carbocycles. The number of carbonyl (C=O) groups excluding carboxylic acids is 1. The van der Waals surface area contributed by atoms with E-state index < -0.39 is 15.8 Å². The Kier molecular flexibility index (Phi) is 7.94. The molecule has 37 heavy (non-hydrogen) atoms. The lowest BCUT2D eigenvalue weighted by molar-refractivity contribution is 0.0746. The first kappa shape index (κ1) is 26.8. The molecule has 0 aliphatic carbocycles. The van der Waals surface area contributed by atoms with E-state index in [4.69, 9.17) is 16.3 Å². The van der Waals surface area contributed by atoms with Crippen molar-refractivity contribution in [1.29, 1.82) is 0 Å². The molecule has 1 aliphatic heterocycles. The number of nitrogens with zero attached hydrogens (tertiary/aromatic N) is 3. The van der Waals surface area contributed by atoms with Crippen molar-refractivity contribution >= 4 is 38.9 Å². The van der Waals surface area contributed by atoms with Crippen LogP contribution < -0.4 is 13.9 Å². The van der Waals surface area contributed by atoms with Gasteiger partial charge in [0.1, 0.15) is 11.6 Å². The van der Waals surface area contributed by atoms with Crippen LogP contribution in [0.4, 0.5) is 15.8 Å². The number of ether oxygens (including phenoxy) is 1. The molecule has 1 heterocycles. The zero-order chi connectivity index (χ0) is 26.7. The molecule has 1 amide bonds. The first-order valence-electron chi connectivity index (χ1n) is 11.8. The normalized spacial score (nSPS) is 14.0. The SMILES string of the molecule is COc1ccc(C(=O)N2CCN(c3cc(Cl)ccc3C)CC2)cc1CN(c1ccc(F)cc1)S(C)(=O)=O. The largest absolute Gasteiger partial charge is 0.496 e. The highest BCUT2D eigenvalue weighted by molar-refractivity contribution is 7.92. The van der Waals surface area contributed by atoms with Gasteiger partial charge in [0.05, 0.1) is 25.6 Å². The summed E-state index contributed by atoms with van der Waals surface area (Å²) in [5.41, 5.74) is 3.47. The first-order valence-corrected chi connectivity index (χ1v) is 14.0. The maximum absolute atomic E-state index is 13.4. The standard InChI is InChI=1S/C27H29ClFN3O4S/c1-19-4-6-22(28)17-25(19)30-12-14-31(15-13-30)27(33)20-5-11-26(36-2)21(16-20)18-32(37(3,34)35)24-9-7-23(29)8-10-24/h4-11,16-17H,12-15,18H2,1-3H3. The predicted molar refractivity (Wildman–Crippen MR) is 145 cm³/mol. The van der Waals surface area contributed by atoms with Gasteiger partial charge in [0, 0.05) is 48.0 Å². The Morgan fingerprint density at radius 3 is 2.32 bits per heavy atom. The number of hydrogen-bond acceptors (Lipinski definition) is 5. The van der Waals surface area contributed by atoms with E-state index >= 15 is 0 Å². The fourth-order valence-electron chi connectivity index (χ4n) is 4.45. The quantitative estimate of drug-likeness (QED) is 0.429. The van der Waals surface area contributed by atoms with E-state index in [0.29, 0.717) is 53.8 Å². The lowest BCUT2D eigenvalue weighted by Crippen LogP contribution is -2.49. The molecule has 1 fully saturated rings. The number of anilines is 2. The zero-order valence-corrected chi connectivity index (χ0v) is 22.5. The minimum absolute atomic E-state index is 0.0728. The Labute approximate surface area is 222 Å². The molecular weight excluding hydrogens is 517 g/mol. The maximum atomic E-state index is 13.4. The summed E-state index contributed by atoms with van der Waals surface area (Å²) in [5.74, 6) is -0.152. The van der Waals surface area contributed by atoms with E-state index in [1.807, 2.05) is 25.1 Å². The maximum Gasteiger partial charge on any atom is 0.253 e. The molecule has 10 heteroatoms. The highest BCUT2D eigenvalue weighted by Crippen LogP contribution is 2.28. The molecule has 0 atom stereocenters. The first-order chi connectivity index (χ1) is 17.6. The lowest BCUT2D eigenvalue weighted by atomic mass is 10.1. The lowest BCUT2D eigenvalue weighted by Gasteiger charge is -2.37. The van der Waals surface area contributed by atoms with Crippen molar-refractivity contribution in [3.05, 3.63) is 88.2 Å². The number of hydrogen-bond donors (Lipinski definition) is 0. The number of rotatable bonds is 7. The van der Waals surface area contributed by atoms with Crippen LogP contribution in [0.3, 0.4) is 0 Å². The minimum Gasteiger partial charge on any atom is -0.496 e. The van der Waals surface area contributed by atoms with Gasteiger partial charge in [-0.3, -0.25) is 9.10 Å². The van der Waals surface area contributed by atoms with Crippen molar-refractivity contribution in [2.75, 3.05) is 48.7 Å². The van der Waals surface area contributed by atoms with Gasteiger partial charge in [0.2, 0.25) is 10.0 Å². The van der Waals surface area contributed by atoms with Crippen LogP contribution in [0, 0.1) is 12.7 Å². The molecule has 1 aliphatic rings. The third-order valence-corrected chi connectivity index (χ3v) is 7.81. The second-order valence-corrected chi connectivity index (χ2v) is 11.3. The fourth-order valence-corrected chi connectivity index (χ4v) is 5.50. The molecule has 1 saturated heterocycles. The Morgan fingerprint density at radius 1 is 1.03 bits per heavy atom. The van der Waals surface area contributed by atoms with Gasteiger partial charge in [-0.05, 0) is 67.1 Å². The van der Waals surface area contributed by atoms with Crippen LogP contribution in [-0.4, -0.2) is 58.8 Å². The van der Waals surface area contributed by atoms with Crippen molar-refractivity contribution in [1.82, 2.24) is 4.90 Å². The molecule has 196 valence electrons. The molecule has 0 spiro atoms. The molecular formula is C27H29ClFN3O4S. The Bertz CT molecular complexity index is 1390. The molecule has 0 aromatic heterocycles. The van der Waals surface area contributed by atoms with Crippen LogP contribution in [0.15, 0.2) is 60.7 Å². The molecule has 7 nitrogen and oxygen atoms in total. The number of benzene rings is 3. The molecule has 3 aromatic rings. The highest BCUT2D eigenvalue weighted by atomic mass is 35.5. The molecule has 0 saturated carbocycles. The summed E-state index contributed by atoms with van der Waals surface area (Å²) in [7, 11) is -2.22. The van der Waals surface area contributed by atoms with Gasteiger partial charge in [0.25, 0.3) is 5.91 Å². The van der Waals surface area contributed by atoms with Gasteiger partial charge >= 0.3 is 0 Å². The van der Waals surface area contributed by atoms with Crippen LogP contribution in [0.1, 0.15) is 21.5 Å². The zero-order valence-electron chi connectivity index (χ0n) is 20.9. The van der Waals surface area contributed by atoms with Gasteiger partial charge in [-0.15, -0.1) is 0 Å². The van der Waals surface area contributed by atoms with Crippen LogP contribution >= 0.6 is 11.6 Å². The summed E-state index contributed by atoms with van der Waals surface area (Å²) in [4.78, 5) is 17.4. The third kappa shape index (κ3) is 6.17. The molecule has 0 radical (unpaired) electrons. The van der Waals surface area contributed by atoms with Crippen LogP contribution in [0.2, 0.25) is 5.02 Å². The van der Waals surface area contributed by atoms with Crippen molar-refractivity contribution in [2.45, 2.75) is 13.5 Å². The van der Waals surface area contributed by atoms with Crippen LogP contribution in [0.5, 0.6) is 5.75 Å². The minimum atomic E-state index is -3.70. The highest BCUT2D eigenvalue weighted by Gasteiger charge is 2.25. The van der Waals surface area contributed by atoms with E-state index in [1.165, 1.54) is 31.4 Å². The van der Waals surface area contributed by atoms with Gasteiger partial charge < -0.3 is 14.5 Å². The number of amides is 1. The van der Waals surface area contributed by atoms with Crippen molar-refractivity contribution in [3.63, 3.8) is 0 Å². The molecule has 4 rings (SSSR count). The van der Waals surface area contributed by atoms with E-state index in [0.717, 1.165) is 21.8 Å². The molecule has 0 N–H and O–H groups in total. The number of halogens is 2. The Morgan fingerprint density at radius 2 is 1.70 bits per heavy atom. The predicted octanol–water partition coefficient (Wildman–Crippen LogP) is 4.72. The van der Waals surface area contributed by atoms with Crippen molar-refractivity contribution < 1.29 is 22.3 Å². The van der Waals surface area contributed by atoms with E-state index in [2.05, 4.69) is 4.90 Å². The summed E-state index contributed by atoms with van der Waals surface area (Å²) in [5, 5.41) is 0.675. The summed E-state index contributed by atoms with van der Waals surface area (Å²) < 4.78 is 45.2. The second kappa shape index (κ2) is 11.0. The summed E-state index contributed by atoms with van der Waals surface area (Å²) in [6.07, 6.45) is 1.08. The monoisotopic (exact) mass is 545 g/mol. The number of piperazine rings is 1. The summed E-state index contributed by atoms with van der Waals surface area (Å²) >= 11 is 6.19. The average Bonchev–Trinajstić information content (AvgIpc) is 2.88. The number of sulfonamides is 1. The number of aryl methyl sites for hydroxylation is 1. The van der Waals surface area contributed by atoms with Gasteiger partial charge in [-0.25, -0.2) is 12.8 Å². The number of carbonyl (C=O) groups is 1. The second-order valence-electron chi connectivity index (χ2n) is 8.98. The third-order valence-electron chi connectivity index (χ3n) is 6.43. The van der Waals surface area contributed by atoms with Gasteiger partial charge in [-0.2, -0.15) is 0 Å². The van der Waals surface area contributed by atoms with E-state index in [1.54, 1.807) is 23.1 Å². The van der Waals surface area contributed by atoms with Crippen LogP contribution in [-0.2, 0) is 16.6 Å².